The molecule has 3 heterocycles. The Hall–Kier alpha value is -4.78. The summed E-state index contributed by atoms with van der Waals surface area (Å²) >= 11 is 0. The molecule has 1 aromatic heterocycles. The predicted octanol–water partition coefficient (Wildman–Crippen LogP) is 2.05. The highest BCUT2D eigenvalue weighted by Gasteiger charge is 2.37. The molecule has 0 bridgehead atoms. The summed E-state index contributed by atoms with van der Waals surface area (Å²) in [5.74, 6) is -2.88. The molecule has 4 amide bonds. The minimum absolute atomic E-state index is 0.0188. The van der Waals surface area contributed by atoms with Gasteiger partial charge in [-0.25, -0.2) is 4.79 Å². The number of cyclic esters (lactones) is 1. The lowest BCUT2D eigenvalue weighted by Crippen LogP contribution is -2.58. The molecule has 1 aromatic carbocycles. The van der Waals surface area contributed by atoms with E-state index in [0.29, 0.717) is 30.7 Å². The van der Waals surface area contributed by atoms with Crippen LogP contribution >= 0.6 is 0 Å². The second-order valence-corrected chi connectivity index (χ2v) is 11.6. The molecule has 0 aliphatic carbocycles. The van der Waals surface area contributed by atoms with Crippen LogP contribution in [0.5, 0.6) is 0 Å². The zero-order valence-corrected chi connectivity index (χ0v) is 26.2. The summed E-state index contributed by atoms with van der Waals surface area (Å²) in [5, 5.41) is 15.0. The zero-order valence-electron chi connectivity index (χ0n) is 26.2. The molecule has 4 rings (SSSR count). The Balaban J connectivity index is 1.67. The highest BCUT2D eigenvalue weighted by atomic mass is 16.5. The molecule has 1 saturated heterocycles. The van der Waals surface area contributed by atoms with Crippen LogP contribution in [0, 0.1) is 18.8 Å². The summed E-state index contributed by atoms with van der Waals surface area (Å²) in [5.41, 5.74) is 0.658. The summed E-state index contributed by atoms with van der Waals surface area (Å²) in [7, 11) is 0. The van der Waals surface area contributed by atoms with Gasteiger partial charge >= 0.3 is 5.97 Å². The van der Waals surface area contributed by atoms with Crippen LogP contribution in [0.1, 0.15) is 61.0 Å². The lowest BCUT2D eigenvalue weighted by molar-refractivity contribution is -0.136. The number of benzene rings is 1. The zero-order chi connectivity index (χ0) is 33.1. The van der Waals surface area contributed by atoms with E-state index in [2.05, 4.69) is 26.4 Å². The molecule has 46 heavy (non-hydrogen) atoms. The van der Waals surface area contributed by atoms with Crippen LogP contribution in [0.3, 0.4) is 0 Å². The van der Waals surface area contributed by atoms with Crippen LogP contribution < -0.4 is 21.3 Å². The van der Waals surface area contributed by atoms with Crippen molar-refractivity contribution in [1.82, 2.24) is 26.4 Å². The third-order valence-electron chi connectivity index (χ3n) is 7.67. The maximum atomic E-state index is 14.2. The molecule has 0 spiro atoms. The molecule has 2 aromatic rings. The van der Waals surface area contributed by atoms with Crippen LogP contribution in [0.2, 0.25) is 0 Å². The van der Waals surface area contributed by atoms with Crippen molar-refractivity contribution >= 4 is 29.6 Å². The Bertz CT molecular complexity index is 1440. The van der Waals surface area contributed by atoms with Gasteiger partial charge in [-0.05, 0) is 37.7 Å². The van der Waals surface area contributed by atoms with Crippen LogP contribution in [0.4, 0.5) is 0 Å². The minimum atomic E-state index is -1.27. The number of nitrogens with one attached hydrogen (secondary N) is 4. The van der Waals surface area contributed by atoms with E-state index in [1.165, 1.54) is 18.2 Å². The minimum Gasteiger partial charge on any atom is -0.458 e. The normalized spacial score (nSPS) is 23.4. The van der Waals surface area contributed by atoms with Crippen molar-refractivity contribution in [2.24, 2.45) is 11.8 Å². The summed E-state index contributed by atoms with van der Waals surface area (Å²) in [6.45, 7) is 5.93. The van der Waals surface area contributed by atoms with Gasteiger partial charge in [-0.2, -0.15) is 0 Å². The molecule has 5 atom stereocenters. The van der Waals surface area contributed by atoms with Gasteiger partial charge in [0.1, 0.15) is 30.6 Å². The monoisotopic (exact) mass is 635 g/mol. The molecule has 2 aliphatic rings. The number of amides is 4. The number of hydrogen-bond donors (Lipinski definition) is 4. The molecular formula is C33H41N5O8. The molecule has 0 saturated carbocycles. The molecule has 13 nitrogen and oxygen atoms in total. The quantitative estimate of drug-likeness (QED) is 0.250. The number of hydrogen-bond acceptors (Lipinski definition) is 9. The van der Waals surface area contributed by atoms with Gasteiger partial charge in [0.15, 0.2) is 5.69 Å². The van der Waals surface area contributed by atoms with E-state index in [0.717, 1.165) is 0 Å². The number of carbonyl (C=O) groups excluding carboxylic acids is 5. The number of esters is 1. The standard InChI is InChI=1S/C33H41N5O8/c1-20(2)27(36-31(41)25-18-21(3)46-38-25)32(42)37-28-29(22-10-6-4-7-11-22)45-17-9-5-8-16-44-26(39)13-12-24(35-33(28)43)19-23-14-15-34-30(23)40/h4-8,10-13,18,20,23-24,27-29H,9,14-17,19H2,1-3H3,(H,34,40)(H,35,43)(H,36,41)(H,37,42)/t23-,24+,27-,28-,29-/m0/s1. The Morgan fingerprint density at radius 2 is 1.87 bits per heavy atom. The van der Waals surface area contributed by atoms with Crippen molar-refractivity contribution in [3.8, 4) is 0 Å². The second-order valence-electron chi connectivity index (χ2n) is 11.6. The lowest BCUT2D eigenvalue weighted by atomic mass is 9.96. The topological polar surface area (TPSA) is 178 Å². The molecule has 0 radical (unpaired) electrons. The SMILES string of the molecule is Cc1cc(C(=O)N[C@H](C(=O)N[C@@H]2C(=O)N[C@@H](C[C@@H]3CCNC3=O)C=CC(=O)OCC=CCCO[C@H]2c2ccccc2)C(C)C)no1. The fourth-order valence-corrected chi connectivity index (χ4v) is 5.23. The lowest BCUT2D eigenvalue weighted by Gasteiger charge is -2.31. The smallest absolute Gasteiger partial charge is 0.330 e. The Kier molecular flexibility index (Phi) is 12.2. The predicted molar refractivity (Wildman–Crippen MR) is 166 cm³/mol. The first-order valence-corrected chi connectivity index (χ1v) is 15.4. The number of rotatable bonds is 8. The van der Waals surface area contributed by atoms with Crippen molar-refractivity contribution < 1.29 is 38.0 Å². The molecule has 1 fully saturated rings. The summed E-state index contributed by atoms with van der Waals surface area (Å²) in [6.07, 6.45) is 6.52. The number of nitrogens with zero attached hydrogens (tertiary/aromatic N) is 1. The van der Waals surface area contributed by atoms with Gasteiger partial charge in [0.2, 0.25) is 17.7 Å². The van der Waals surface area contributed by atoms with E-state index in [1.807, 2.05) is 6.07 Å². The first kappa shape index (κ1) is 34.1. The third-order valence-corrected chi connectivity index (χ3v) is 7.67. The van der Waals surface area contributed by atoms with E-state index in [9.17, 15) is 24.0 Å². The fourth-order valence-electron chi connectivity index (χ4n) is 5.23. The second kappa shape index (κ2) is 16.5. The molecule has 246 valence electrons. The highest BCUT2D eigenvalue weighted by Crippen LogP contribution is 2.24. The van der Waals surface area contributed by atoms with Crippen LogP contribution in [0.25, 0.3) is 0 Å². The fraction of sp³-hybridized carbons (Fsp3) is 0.455. The molecule has 0 unspecified atom stereocenters. The molecule has 4 N–H and O–H groups in total. The molecular weight excluding hydrogens is 594 g/mol. The largest absolute Gasteiger partial charge is 0.458 e. The van der Waals surface area contributed by atoms with Gasteiger partial charge in [0.25, 0.3) is 5.91 Å². The van der Waals surface area contributed by atoms with E-state index in [1.54, 1.807) is 57.2 Å². The van der Waals surface area contributed by atoms with Gasteiger partial charge < -0.3 is 35.3 Å². The first-order chi connectivity index (χ1) is 22.1. The first-order valence-electron chi connectivity index (χ1n) is 15.4. The van der Waals surface area contributed by atoms with Crippen molar-refractivity contribution in [2.45, 2.75) is 64.3 Å². The van der Waals surface area contributed by atoms with Crippen molar-refractivity contribution in [1.29, 1.82) is 0 Å². The number of ether oxygens (including phenoxy) is 2. The number of aryl methyl sites for hydroxylation is 1. The Morgan fingerprint density at radius 1 is 1.09 bits per heavy atom. The van der Waals surface area contributed by atoms with Gasteiger partial charge in [-0.1, -0.05) is 67.6 Å². The van der Waals surface area contributed by atoms with Gasteiger partial charge in [-0.15, -0.1) is 0 Å². The maximum Gasteiger partial charge on any atom is 0.330 e. The number of carbonyl (C=O) groups is 5. The van der Waals surface area contributed by atoms with Crippen molar-refractivity contribution in [3.05, 3.63) is 77.7 Å². The summed E-state index contributed by atoms with van der Waals surface area (Å²) in [6, 6.07) is 7.42. The summed E-state index contributed by atoms with van der Waals surface area (Å²) in [4.78, 5) is 65.7. The van der Waals surface area contributed by atoms with E-state index in [4.69, 9.17) is 14.0 Å². The Labute approximate surface area is 267 Å². The van der Waals surface area contributed by atoms with Crippen LogP contribution in [0.15, 0.2) is 65.2 Å². The van der Waals surface area contributed by atoms with Crippen LogP contribution in [-0.4, -0.2) is 72.6 Å². The van der Waals surface area contributed by atoms with E-state index in [-0.39, 0.29) is 43.1 Å². The average Bonchev–Trinajstić information content (AvgIpc) is 3.66. The average molecular weight is 636 g/mol. The van der Waals surface area contributed by atoms with Gasteiger partial charge in [0.05, 0.1) is 6.61 Å². The Morgan fingerprint density at radius 3 is 2.54 bits per heavy atom. The van der Waals surface area contributed by atoms with Gasteiger partial charge in [-0.3, -0.25) is 19.2 Å². The number of aromatic nitrogens is 1. The molecule has 13 heteroatoms. The molecule has 2 aliphatic heterocycles. The van der Waals surface area contributed by atoms with Crippen molar-refractivity contribution in [2.75, 3.05) is 19.8 Å². The van der Waals surface area contributed by atoms with E-state index < -0.39 is 47.9 Å². The highest BCUT2D eigenvalue weighted by molar-refractivity contribution is 5.97. The third kappa shape index (κ3) is 9.61. The summed E-state index contributed by atoms with van der Waals surface area (Å²) < 4.78 is 16.5. The van der Waals surface area contributed by atoms with Crippen LogP contribution in [-0.2, 0) is 28.7 Å². The van der Waals surface area contributed by atoms with Crippen molar-refractivity contribution in [3.63, 3.8) is 0 Å². The van der Waals surface area contributed by atoms with E-state index >= 15 is 0 Å². The maximum absolute atomic E-state index is 14.2. The van der Waals surface area contributed by atoms with Gasteiger partial charge in [0, 0.05) is 30.6 Å².